The summed E-state index contributed by atoms with van der Waals surface area (Å²) in [4.78, 5) is 32.5. The number of nitrogens with zero attached hydrogens (tertiary/aromatic N) is 3. The Hall–Kier alpha value is -3.09. The fourth-order valence-electron chi connectivity index (χ4n) is 3.48. The topological polar surface area (TPSA) is 74.8 Å². The third kappa shape index (κ3) is 5.25. The smallest absolute Gasteiger partial charge is 0.409 e. The summed E-state index contributed by atoms with van der Waals surface area (Å²) in [6.07, 6.45) is 2.86. The molecule has 0 spiro atoms. The number of nitrogens with one attached hydrogen (secondary N) is 1. The zero-order valence-electron chi connectivity index (χ0n) is 17.0. The van der Waals surface area contributed by atoms with Crippen LogP contribution < -0.4 is 10.2 Å². The number of para-hydroxylation sites is 1. The van der Waals surface area contributed by atoms with Gasteiger partial charge in [-0.2, -0.15) is 0 Å². The molecule has 29 heavy (non-hydrogen) atoms. The van der Waals surface area contributed by atoms with Crippen LogP contribution in [-0.2, 0) is 4.74 Å². The second-order valence-electron chi connectivity index (χ2n) is 6.92. The summed E-state index contributed by atoms with van der Waals surface area (Å²) < 4.78 is 5.02. The molecule has 1 N–H and O–H groups in total. The number of ether oxygens (including phenoxy) is 1. The highest BCUT2D eigenvalue weighted by Gasteiger charge is 2.25. The number of pyridine rings is 1. The van der Waals surface area contributed by atoms with E-state index >= 15 is 0 Å². The van der Waals surface area contributed by atoms with Gasteiger partial charge in [0.15, 0.2) is 0 Å². The monoisotopic (exact) mass is 396 g/mol. The molecule has 0 saturated carbocycles. The lowest BCUT2D eigenvalue weighted by molar-refractivity contribution is 0.0856. The van der Waals surface area contributed by atoms with Gasteiger partial charge in [0.25, 0.3) is 5.91 Å². The average Bonchev–Trinajstić information content (AvgIpc) is 2.76. The van der Waals surface area contributed by atoms with Crippen molar-refractivity contribution in [2.45, 2.75) is 32.7 Å². The van der Waals surface area contributed by atoms with Gasteiger partial charge in [-0.25, -0.2) is 9.78 Å². The normalized spacial score (nSPS) is 14.3. The molecule has 1 aliphatic rings. The molecular formula is C22H28N4O3. The molecule has 0 aliphatic carbocycles. The quantitative estimate of drug-likeness (QED) is 0.808. The van der Waals surface area contributed by atoms with E-state index in [0.29, 0.717) is 38.2 Å². The molecule has 0 bridgehead atoms. The Kier molecular flexibility index (Phi) is 7.05. The number of piperidine rings is 1. The van der Waals surface area contributed by atoms with Crippen molar-refractivity contribution < 1.29 is 14.3 Å². The first kappa shape index (κ1) is 20.6. The Bertz CT molecular complexity index is 803. The van der Waals surface area contributed by atoms with Gasteiger partial charge in [0.05, 0.1) is 18.5 Å². The molecule has 154 valence electrons. The van der Waals surface area contributed by atoms with Gasteiger partial charge in [-0.1, -0.05) is 18.2 Å². The van der Waals surface area contributed by atoms with Crippen molar-refractivity contribution in [3.8, 4) is 0 Å². The Labute approximate surface area is 171 Å². The van der Waals surface area contributed by atoms with Gasteiger partial charge in [-0.15, -0.1) is 0 Å². The standard InChI is InChI=1S/C22H28N4O3/c1-3-26(18-8-6-5-7-9-18)19-10-11-20(23-16-19)21(27)24-17-12-14-25(15-13-17)22(28)29-4-2/h5-11,16-17H,3-4,12-15H2,1-2H3,(H,24,27). The molecule has 3 rings (SSSR count). The number of rotatable bonds is 6. The van der Waals surface area contributed by atoms with Crippen LogP contribution in [0.4, 0.5) is 16.2 Å². The average molecular weight is 396 g/mol. The number of hydrogen-bond acceptors (Lipinski definition) is 5. The maximum atomic E-state index is 12.6. The summed E-state index contributed by atoms with van der Waals surface area (Å²) in [5, 5.41) is 3.03. The minimum atomic E-state index is -0.284. The van der Waals surface area contributed by atoms with Crippen LogP contribution in [-0.4, -0.2) is 54.2 Å². The van der Waals surface area contributed by atoms with Gasteiger partial charge in [0.2, 0.25) is 0 Å². The number of aromatic nitrogens is 1. The maximum Gasteiger partial charge on any atom is 0.409 e. The lowest BCUT2D eigenvalue weighted by atomic mass is 10.1. The molecule has 1 fully saturated rings. The third-order valence-electron chi connectivity index (χ3n) is 5.03. The van der Waals surface area contributed by atoms with Crippen LogP contribution >= 0.6 is 0 Å². The number of amides is 2. The molecule has 0 atom stereocenters. The Morgan fingerprint density at radius 3 is 2.41 bits per heavy atom. The molecule has 2 heterocycles. The molecule has 1 saturated heterocycles. The Morgan fingerprint density at radius 2 is 1.83 bits per heavy atom. The second kappa shape index (κ2) is 9.91. The van der Waals surface area contributed by atoms with E-state index in [0.717, 1.165) is 17.9 Å². The molecular weight excluding hydrogens is 368 g/mol. The highest BCUT2D eigenvalue weighted by molar-refractivity contribution is 5.92. The lowest BCUT2D eigenvalue weighted by Crippen LogP contribution is -2.46. The van der Waals surface area contributed by atoms with Crippen LogP contribution in [0.5, 0.6) is 0 Å². The van der Waals surface area contributed by atoms with Crippen molar-refractivity contribution in [1.29, 1.82) is 0 Å². The van der Waals surface area contributed by atoms with Crippen LogP contribution in [0.1, 0.15) is 37.2 Å². The third-order valence-corrected chi connectivity index (χ3v) is 5.03. The molecule has 7 nitrogen and oxygen atoms in total. The summed E-state index contributed by atoms with van der Waals surface area (Å²) >= 11 is 0. The van der Waals surface area contributed by atoms with E-state index in [1.54, 1.807) is 24.1 Å². The predicted octanol–water partition coefficient (Wildman–Crippen LogP) is 3.59. The van der Waals surface area contributed by atoms with Gasteiger partial charge in [-0.3, -0.25) is 4.79 Å². The maximum absolute atomic E-state index is 12.6. The number of hydrogen-bond donors (Lipinski definition) is 1. The van der Waals surface area contributed by atoms with Crippen LogP contribution in [0, 0.1) is 0 Å². The Balaban J connectivity index is 1.56. The number of carbonyl (C=O) groups is 2. The number of likely N-dealkylation sites (tertiary alicyclic amines) is 1. The largest absolute Gasteiger partial charge is 0.450 e. The first-order chi connectivity index (χ1) is 14.1. The molecule has 1 aromatic heterocycles. The van der Waals surface area contributed by atoms with Crippen molar-refractivity contribution in [3.05, 3.63) is 54.4 Å². The Morgan fingerprint density at radius 1 is 1.10 bits per heavy atom. The molecule has 2 amide bonds. The van der Waals surface area contributed by atoms with Gasteiger partial charge in [0.1, 0.15) is 5.69 Å². The van der Waals surface area contributed by atoms with Crippen molar-refractivity contribution in [3.63, 3.8) is 0 Å². The van der Waals surface area contributed by atoms with Crippen LogP contribution in [0.2, 0.25) is 0 Å². The van der Waals surface area contributed by atoms with E-state index < -0.39 is 0 Å². The second-order valence-corrected chi connectivity index (χ2v) is 6.92. The minimum Gasteiger partial charge on any atom is -0.450 e. The van der Waals surface area contributed by atoms with Crippen molar-refractivity contribution in [2.75, 3.05) is 31.1 Å². The van der Waals surface area contributed by atoms with Gasteiger partial charge in [0, 0.05) is 31.4 Å². The van der Waals surface area contributed by atoms with Crippen LogP contribution in [0.15, 0.2) is 48.7 Å². The highest BCUT2D eigenvalue weighted by Crippen LogP contribution is 2.24. The van der Waals surface area contributed by atoms with Gasteiger partial charge < -0.3 is 19.9 Å². The summed E-state index contributed by atoms with van der Waals surface area (Å²) in [7, 11) is 0. The summed E-state index contributed by atoms with van der Waals surface area (Å²) in [6.45, 7) is 6.21. The van der Waals surface area contributed by atoms with E-state index in [2.05, 4.69) is 22.1 Å². The molecule has 0 radical (unpaired) electrons. The van der Waals surface area contributed by atoms with Gasteiger partial charge in [-0.05, 0) is 51.0 Å². The van der Waals surface area contributed by atoms with Crippen LogP contribution in [0.25, 0.3) is 0 Å². The first-order valence-corrected chi connectivity index (χ1v) is 10.1. The molecule has 1 aliphatic heterocycles. The molecule has 0 unspecified atom stereocenters. The molecule has 1 aromatic carbocycles. The first-order valence-electron chi connectivity index (χ1n) is 10.1. The van der Waals surface area contributed by atoms with Crippen molar-refractivity contribution in [1.82, 2.24) is 15.2 Å². The number of carbonyl (C=O) groups excluding carboxylic acids is 2. The van der Waals surface area contributed by atoms with E-state index in [1.165, 1.54) is 0 Å². The fraction of sp³-hybridized carbons (Fsp3) is 0.409. The molecule has 7 heteroatoms. The van der Waals surface area contributed by atoms with Crippen molar-refractivity contribution >= 4 is 23.4 Å². The van der Waals surface area contributed by atoms with E-state index in [1.807, 2.05) is 36.4 Å². The highest BCUT2D eigenvalue weighted by atomic mass is 16.6. The summed E-state index contributed by atoms with van der Waals surface area (Å²) in [5.74, 6) is -0.186. The minimum absolute atomic E-state index is 0.0334. The SMILES string of the molecule is CCOC(=O)N1CCC(NC(=O)c2ccc(N(CC)c3ccccc3)cn2)CC1. The fourth-order valence-corrected chi connectivity index (χ4v) is 3.48. The summed E-state index contributed by atoms with van der Waals surface area (Å²) in [5.41, 5.74) is 2.42. The zero-order chi connectivity index (χ0) is 20.6. The molecule has 2 aromatic rings. The number of anilines is 2. The number of benzene rings is 1. The van der Waals surface area contributed by atoms with E-state index in [4.69, 9.17) is 4.74 Å². The van der Waals surface area contributed by atoms with Crippen LogP contribution in [0.3, 0.4) is 0 Å². The zero-order valence-corrected chi connectivity index (χ0v) is 17.0. The van der Waals surface area contributed by atoms with E-state index in [9.17, 15) is 9.59 Å². The lowest BCUT2D eigenvalue weighted by Gasteiger charge is -2.31. The predicted molar refractivity (Wildman–Crippen MR) is 112 cm³/mol. The van der Waals surface area contributed by atoms with Gasteiger partial charge >= 0.3 is 6.09 Å². The summed E-state index contributed by atoms with van der Waals surface area (Å²) in [6, 6.07) is 13.8. The van der Waals surface area contributed by atoms with E-state index in [-0.39, 0.29) is 18.0 Å². The van der Waals surface area contributed by atoms with Crippen molar-refractivity contribution in [2.24, 2.45) is 0 Å².